The first-order valence-electron chi connectivity index (χ1n) is 7.81. The summed E-state index contributed by atoms with van der Waals surface area (Å²) in [6.07, 6.45) is 1.88. The summed E-state index contributed by atoms with van der Waals surface area (Å²) in [5, 5.41) is 12.2. The van der Waals surface area contributed by atoms with Gasteiger partial charge in [-0.15, -0.1) is 0 Å². The van der Waals surface area contributed by atoms with Gasteiger partial charge in [-0.1, -0.05) is 0 Å². The van der Waals surface area contributed by atoms with Crippen LogP contribution in [0.2, 0.25) is 0 Å². The number of carboxylic acid groups (broad SMARTS) is 1. The second kappa shape index (κ2) is 6.04. The Kier molecular flexibility index (Phi) is 4.06. The van der Waals surface area contributed by atoms with Crippen LogP contribution in [0.3, 0.4) is 0 Å². The lowest BCUT2D eigenvalue weighted by Gasteiger charge is -2.46. The SMILES string of the molecule is CC1(N2CCN(c3ccc(C(=O)O)cc3)CC2)C=C(N)N=C(N)N1. The fourth-order valence-electron chi connectivity index (χ4n) is 3.20. The monoisotopic (exact) mass is 330 g/mol. The van der Waals surface area contributed by atoms with E-state index in [0.29, 0.717) is 17.3 Å². The van der Waals surface area contributed by atoms with Crippen LogP contribution in [0.15, 0.2) is 41.2 Å². The molecule has 0 saturated carbocycles. The van der Waals surface area contributed by atoms with Crippen LogP contribution in [0.1, 0.15) is 17.3 Å². The van der Waals surface area contributed by atoms with Gasteiger partial charge in [0, 0.05) is 31.9 Å². The van der Waals surface area contributed by atoms with Crippen LogP contribution in [0.25, 0.3) is 0 Å². The quantitative estimate of drug-likeness (QED) is 0.613. The molecule has 1 aromatic rings. The molecule has 2 heterocycles. The minimum Gasteiger partial charge on any atom is -0.478 e. The van der Waals surface area contributed by atoms with E-state index in [1.54, 1.807) is 12.1 Å². The highest BCUT2D eigenvalue weighted by molar-refractivity contribution is 5.88. The lowest BCUT2D eigenvalue weighted by molar-refractivity contribution is 0.0697. The Morgan fingerprint density at radius 1 is 1.21 bits per heavy atom. The molecule has 2 aliphatic heterocycles. The molecule has 0 aromatic heterocycles. The van der Waals surface area contributed by atoms with Gasteiger partial charge in [0.25, 0.3) is 0 Å². The highest BCUT2D eigenvalue weighted by atomic mass is 16.4. The van der Waals surface area contributed by atoms with Gasteiger partial charge in [-0.25, -0.2) is 4.79 Å². The van der Waals surface area contributed by atoms with Crippen LogP contribution < -0.4 is 21.7 Å². The third kappa shape index (κ3) is 3.13. The number of guanidine groups is 1. The van der Waals surface area contributed by atoms with Gasteiger partial charge in [0.2, 0.25) is 0 Å². The predicted octanol–water partition coefficient (Wildman–Crippen LogP) is -0.0590. The third-order valence-electron chi connectivity index (χ3n) is 4.48. The number of rotatable bonds is 3. The molecule has 1 aromatic carbocycles. The maximum atomic E-state index is 10.9. The van der Waals surface area contributed by atoms with Crippen molar-refractivity contribution < 1.29 is 9.90 Å². The molecule has 3 rings (SSSR count). The molecule has 0 radical (unpaired) electrons. The number of nitrogens with two attached hydrogens (primary N) is 2. The molecule has 8 heteroatoms. The summed E-state index contributed by atoms with van der Waals surface area (Å²) in [6.45, 7) is 5.32. The van der Waals surface area contributed by atoms with Crippen LogP contribution in [-0.2, 0) is 0 Å². The smallest absolute Gasteiger partial charge is 0.335 e. The lowest BCUT2D eigenvalue weighted by Crippen LogP contribution is -2.64. The molecule has 6 N–H and O–H groups in total. The topological polar surface area (TPSA) is 120 Å². The van der Waals surface area contributed by atoms with Crippen LogP contribution in [0.5, 0.6) is 0 Å². The Morgan fingerprint density at radius 2 is 1.83 bits per heavy atom. The number of nitrogens with one attached hydrogen (secondary N) is 1. The fourth-order valence-corrected chi connectivity index (χ4v) is 3.20. The van der Waals surface area contributed by atoms with Crippen molar-refractivity contribution in [2.24, 2.45) is 16.5 Å². The normalized spacial score (nSPS) is 24.8. The maximum absolute atomic E-state index is 10.9. The lowest BCUT2D eigenvalue weighted by atomic mass is 10.1. The van der Waals surface area contributed by atoms with Crippen molar-refractivity contribution in [2.45, 2.75) is 12.6 Å². The number of benzene rings is 1. The van der Waals surface area contributed by atoms with E-state index in [1.165, 1.54) is 0 Å². The Hall–Kier alpha value is -2.74. The number of hydrogen-bond donors (Lipinski definition) is 4. The molecule has 1 atom stereocenters. The van der Waals surface area contributed by atoms with Gasteiger partial charge in [-0.2, -0.15) is 4.99 Å². The Morgan fingerprint density at radius 3 is 2.38 bits per heavy atom. The summed E-state index contributed by atoms with van der Waals surface area (Å²) in [7, 11) is 0. The van der Waals surface area contributed by atoms with E-state index in [2.05, 4.69) is 20.1 Å². The van der Waals surface area contributed by atoms with E-state index in [9.17, 15) is 4.79 Å². The van der Waals surface area contributed by atoms with E-state index in [0.717, 1.165) is 31.9 Å². The van der Waals surface area contributed by atoms with Crippen LogP contribution in [0, 0.1) is 0 Å². The van der Waals surface area contributed by atoms with E-state index in [4.69, 9.17) is 16.6 Å². The van der Waals surface area contributed by atoms with Crippen LogP contribution in [-0.4, -0.2) is 53.8 Å². The number of hydrogen-bond acceptors (Lipinski definition) is 7. The van der Waals surface area contributed by atoms with Crippen molar-refractivity contribution in [1.29, 1.82) is 0 Å². The van der Waals surface area contributed by atoms with Crippen molar-refractivity contribution in [3.05, 3.63) is 41.7 Å². The number of aliphatic imine (C=N–C) groups is 1. The first-order valence-corrected chi connectivity index (χ1v) is 7.81. The molecule has 8 nitrogen and oxygen atoms in total. The average molecular weight is 330 g/mol. The van der Waals surface area contributed by atoms with Gasteiger partial charge < -0.3 is 26.8 Å². The number of piperazine rings is 1. The number of anilines is 1. The first kappa shape index (κ1) is 16.1. The standard InChI is InChI=1S/C16H22N6O2/c1-16(10-13(17)19-15(18)20-16)22-8-6-21(7-9-22)12-4-2-11(3-5-12)14(23)24/h2-5,10H,6-9,17H2,1H3,(H,23,24)(H3,18,19,20). The van der Waals surface area contributed by atoms with E-state index < -0.39 is 11.6 Å². The number of carboxylic acids is 1. The molecule has 1 fully saturated rings. The number of nitrogens with zero attached hydrogens (tertiary/aromatic N) is 3. The molecule has 24 heavy (non-hydrogen) atoms. The average Bonchev–Trinajstić information content (AvgIpc) is 2.54. The van der Waals surface area contributed by atoms with Gasteiger partial charge in [-0.05, 0) is 37.3 Å². The van der Waals surface area contributed by atoms with Gasteiger partial charge in [0.05, 0.1) is 5.56 Å². The molecule has 1 unspecified atom stereocenters. The molecule has 2 aliphatic rings. The maximum Gasteiger partial charge on any atom is 0.335 e. The van der Waals surface area contributed by atoms with Gasteiger partial charge in [-0.3, -0.25) is 4.90 Å². The minimum atomic E-state index is -0.911. The van der Waals surface area contributed by atoms with Crippen molar-refractivity contribution >= 4 is 17.6 Å². The van der Waals surface area contributed by atoms with Gasteiger partial charge in [0.15, 0.2) is 5.96 Å². The summed E-state index contributed by atoms with van der Waals surface area (Å²) in [5.74, 6) is -0.170. The van der Waals surface area contributed by atoms with Gasteiger partial charge >= 0.3 is 5.97 Å². The van der Waals surface area contributed by atoms with Crippen molar-refractivity contribution in [1.82, 2.24) is 10.2 Å². The highest BCUT2D eigenvalue weighted by Crippen LogP contribution is 2.23. The summed E-state index contributed by atoms with van der Waals surface area (Å²) >= 11 is 0. The second-order valence-electron chi connectivity index (χ2n) is 6.16. The van der Waals surface area contributed by atoms with E-state index >= 15 is 0 Å². The molecule has 1 saturated heterocycles. The largest absolute Gasteiger partial charge is 0.478 e. The molecule has 0 aliphatic carbocycles. The molecule has 0 amide bonds. The van der Waals surface area contributed by atoms with E-state index in [1.807, 2.05) is 25.1 Å². The summed E-state index contributed by atoms with van der Waals surface area (Å²) in [5.41, 5.74) is 12.5. The van der Waals surface area contributed by atoms with Crippen LogP contribution in [0.4, 0.5) is 5.69 Å². The Balaban J connectivity index is 1.66. The summed E-state index contributed by atoms with van der Waals surface area (Å²) < 4.78 is 0. The summed E-state index contributed by atoms with van der Waals surface area (Å²) in [4.78, 5) is 19.4. The minimum absolute atomic E-state index is 0.298. The molecule has 128 valence electrons. The molecular formula is C16H22N6O2. The van der Waals surface area contributed by atoms with Gasteiger partial charge in [0.1, 0.15) is 11.5 Å². The summed E-state index contributed by atoms with van der Waals surface area (Å²) in [6, 6.07) is 6.97. The molecular weight excluding hydrogens is 308 g/mol. The van der Waals surface area contributed by atoms with Crippen molar-refractivity contribution in [2.75, 3.05) is 31.1 Å². The third-order valence-corrected chi connectivity index (χ3v) is 4.48. The van der Waals surface area contributed by atoms with Crippen LogP contribution >= 0.6 is 0 Å². The second-order valence-corrected chi connectivity index (χ2v) is 6.16. The zero-order valence-electron chi connectivity index (χ0n) is 13.6. The zero-order chi connectivity index (χ0) is 17.3. The zero-order valence-corrected chi connectivity index (χ0v) is 13.6. The van der Waals surface area contributed by atoms with Crippen molar-refractivity contribution in [3.63, 3.8) is 0 Å². The highest BCUT2D eigenvalue weighted by Gasteiger charge is 2.35. The van der Waals surface area contributed by atoms with E-state index in [-0.39, 0.29) is 0 Å². The predicted molar refractivity (Wildman–Crippen MR) is 92.6 cm³/mol. The van der Waals surface area contributed by atoms with Crippen molar-refractivity contribution in [3.8, 4) is 0 Å². The Bertz CT molecular complexity index is 691. The first-order chi connectivity index (χ1) is 11.4. The molecule has 0 bridgehead atoms. The molecule has 0 spiro atoms. The number of aromatic carboxylic acids is 1. The number of carbonyl (C=O) groups is 1. The Labute approximate surface area is 140 Å². The fraction of sp³-hybridized carbons (Fsp3) is 0.375.